The molecule has 6 nitrogen and oxygen atoms in total. The standard InChI is InChI=1S/C28H32FN3O3/c1-20-5-4-10-32(20)23-18-21(17-22(29)19-23)28(33)30-26-8-9-27(25-7-3-2-6-24(25)26)35-16-13-31-11-14-34-15-12-31/h2-3,6-9,17-20H,4-5,10-16H2,1H3,(H,30,33). The maximum atomic E-state index is 14.4. The van der Waals surface area contributed by atoms with Gasteiger partial charge in [-0.15, -0.1) is 0 Å². The van der Waals surface area contributed by atoms with Gasteiger partial charge in [0, 0.05) is 59.9 Å². The molecule has 5 rings (SSSR count). The number of hydrogen-bond donors (Lipinski definition) is 1. The van der Waals surface area contributed by atoms with Gasteiger partial charge in [-0.25, -0.2) is 4.39 Å². The second kappa shape index (κ2) is 10.6. The normalized spacial score (nSPS) is 18.7. The van der Waals surface area contributed by atoms with E-state index in [-0.39, 0.29) is 5.91 Å². The maximum absolute atomic E-state index is 14.4. The van der Waals surface area contributed by atoms with E-state index < -0.39 is 5.82 Å². The molecular formula is C28H32FN3O3. The van der Waals surface area contributed by atoms with Gasteiger partial charge in [-0.3, -0.25) is 9.69 Å². The van der Waals surface area contributed by atoms with E-state index in [1.54, 1.807) is 6.07 Å². The number of carbonyl (C=O) groups excluding carboxylic acids is 1. The van der Waals surface area contributed by atoms with Crippen LogP contribution in [0.4, 0.5) is 15.8 Å². The Morgan fingerprint density at radius 1 is 1.09 bits per heavy atom. The van der Waals surface area contributed by atoms with Gasteiger partial charge in [0.15, 0.2) is 0 Å². The summed E-state index contributed by atoms with van der Waals surface area (Å²) < 4.78 is 25.9. The van der Waals surface area contributed by atoms with E-state index in [2.05, 4.69) is 22.0 Å². The number of nitrogens with one attached hydrogen (secondary N) is 1. The van der Waals surface area contributed by atoms with Crippen LogP contribution in [0, 0.1) is 5.82 Å². The van der Waals surface area contributed by atoms with Crippen LogP contribution < -0.4 is 15.0 Å². The molecule has 0 bridgehead atoms. The van der Waals surface area contributed by atoms with Gasteiger partial charge in [0.25, 0.3) is 5.91 Å². The third-order valence-electron chi connectivity index (χ3n) is 6.93. The van der Waals surface area contributed by atoms with Crippen molar-refractivity contribution >= 4 is 28.1 Å². The molecule has 2 saturated heterocycles. The first-order chi connectivity index (χ1) is 17.1. The van der Waals surface area contributed by atoms with Gasteiger partial charge in [0.2, 0.25) is 0 Å². The SMILES string of the molecule is CC1CCCN1c1cc(F)cc(C(=O)Nc2ccc(OCCN3CCOCC3)c3ccccc23)c1. The third kappa shape index (κ3) is 5.41. The minimum atomic E-state index is -0.402. The fourth-order valence-corrected chi connectivity index (χ4v) is 5.00. The highest BCUT2D eigenvalue weighted by molar-refractivity contribution is 6.10. The molecule has 0 saturated carbocycles. The van der Waals surface area contributed by atoms with Crippen LogP contribution >= 0.6 is 0 Å². The lowest BCUT2D eigenvalue weighted by atomic mass is 10.1. The highest BCUT2D eigenvalue weighted by Crippen LogP contribution is 2.32. The van der Waals surface area contributed by atoms with Gasteiger partial charge in [-0.2, -0.15) is 0 Å². The summed E-state index contributed by atoms with van der Waals surface area (Å²) in [5.74, 6) is 0.0484. The molecule has 2 aliphatic heterocycles. The Balaban J connectivity index is 1.33. The quantitative estimate of drug-likeness (QED) is 0.523. The molecule has 3 aromatic rings. The largest absolute Gasteiger partial charge is 0.492 e. The monoisotopic (exact) mass is 477 g/mol. The van der Waals surface area contributed by atoms with E-state index in [4.69, 9.17) is 9.47 Å². The topological polar surface area (TPSA) is 54.0 Å². The predicted octanol–water partition coefficient (Wildman–Crippen LogP) is 4.93. The highest BCUT2D eigenvalue weighted by atomic mass is 19.1. The zero-order chi connectivity index (χ0) is 24.2. The van der Waals surface area contributed by atoms with E-state index in [9.17, 15) is 9.18 Å². The molecule has 3 aromatic carbocycles. The summed E-state index contributed by atoms with van der Waals surface area (Å²) in [5.41, 5.74) is 1.74. The Morgan fingerprint density at radius 3 is 2.66 bits per heavy atom. The lowest BCUT2D eigenvalue weighted by molar-refractivity contribution is 0.0323. The number of fused-ring (bicyclic) bond motifs is 1. The van der Waals surface area contributed by atoms with Crippen LogP contribution in [0.1, 0.15) is 30.1 Å². The van der Waals surface area contributed by atoms with Crippen LogP contribution in [-0.2, 0) is 4.74 Å². The van der Waals surface area contributed by atoms with Crippen LogP contribution in [0.25, 0.3) is 10.8 Å². The number of carbonyl (C=O) groups is 1. The molecule has 0 aliphatic carbocycles. The molecule has 35 heavy (non-hydrogen) atoms. The van der Waals surface area contributed by atoms with E-state index in [1.807, 2.05) is 36.4 Å². The first-order valence-electron chi connectivity index (χ1n) is 12.4. The van der Waals surface area contributed by atoms with Crippen molar-refractivity contribution in [3.8, 4) is 5.75 Å². The van der Waals surface area contributed by atoms with Gasteiger partial charge in [-0.1, -0.05) is 24.3 Å². The fourth-order valence-electron chi connectivity index (χ4n) is 5.00. The predicted molar refractivity (Wildman–Crippen MR) is 137 cm³/mol. The second-order valence-electron chi connectivity index (χ2n) is 9.30. The number of anilines is 2. The van der Waals surface area contributed by atoms with Gasteiger partial charge in [0.05, 0.1) is 13.2 Å². The maximum Gasteiger partial charge on any atom is 0.255 e. The molecule has 2 heterocycles. The molecule has 0 aromatic heterocycles. The summed E-state index contributed by atoms with van der Waals surface area (Å²) in [5, 5.41) is 4.80. The first-order valence-corrected chi connectivity index (χ1v) is 12.4. The molecule has 1 unspecified atom stereocenters. The molecule has 7 heteroatoms. The Labute approximate surface area is 205 Å². The van der Waals surface area contributed by atoms with Crippen LogP contribution in [-0.4, -0.2) is 62.8 Å². The van der Waals surface area contributed by atoms with Crippen molar-refractivity contribution in [2.45, 2.75) is 25.8 Å². The van der Waals surface area contributed by atoms with Gasteiger partial charge in [-0.05, 0) is 50.1 Å². The van der Waals surface area contributed by atoms with Crippen molar-refractivity contribution in [3.63, 3.8) is 0 Å². The number of nitrogens with zero attached hydrogens (tertiary/aromatic N) is 2. The van der Waals surface area contributed by atoms with E-state index in [0.717, 1.165) is 74.4 Å². The molecule has 0 radical (unpaired) electrons. The van der Waals surface area contributed by atoms with Crippen LogP contribution in [0.15, 0.2) is 54.6 Å². The molecular weight excluding hydrogens is 445 g/mol. The number of amides is 1. The average Bonchev–Trinajstić information content (AvgIpc) is 3.31. The molecule has 1 N–H and O–H groups in total. The van der Waals surface area contributed by atoms with Crippen LogP contribution in [0.2, 0.25) is 0 Å². The van der Waals surface area contributed by atoms with E-state index >= 15 is 0 Å². The van der Waals surface area contributed by atoms with E-state index in [0.29, 0.717) is 23.9 Å². The summed E-state index contributed by atoms with van der Waals surface area (Å²) in [4.78, 5) is 17.6. The number of morpholine rings is 1. The number of ether oxygens (including phenoxy) is 2. The van der Waals surface area contributed by atoms with Crippen molar-refractivity contribution < 1.29 is 18.7 Å². The third-order valence-corrected chi connectivity index (χ3v) is 6.93. The minimum Gasteiger partial charge on any atom is -0.492 e. The highest BCUT2D eigenvalue weighted by Gasteiger charge is 2.22. The van der Waals surface area contributed by atoms with Crippen LogP contribution in [0.3, 0.4) is 0 Å². The smallest absolute Gasteiger partial charge is 0.255 e. The summed E-state index contributed by atoms with van der Waals surface area (Å²) >= 11 is 0. The lowest BCUT2D eigenvalue weighted by Crippen LogP contribution is -2.38. The Hall–Kier alpha value is -3.16. The van der Waals surface area contributed by atoms with Crippen molar-refractivity contribution in [1.82, 2.24) is 4.90 Å². The molecule has 0 spiro atoms. The molecule has 1 atom stereocenters. The summed E-state index contributed by atoms with van der Waals surface area (Å²) in [7, 11) is 0. The van der Waals surface area contributed by atoms with Crippen molar-refractivity contribution in [2.75, 3.05) is 56.2 Å². The molecule has 2 aliphatic rings. The van der Waals surface area contributed by atoms with Crippen molar-refractivity contribution in [3.05, 3.63) is 66.0 Å². The second-order valence-corrected chi connectivity index (χ2v) is 9.30. The minimum absolute atomic E-state index is 0.314. The molecule has 1 amide bonds. The van der Waals surface area contributed by atoms with Gasteiger partial charge >= 0.3 is 0 Å². The lowest BCUT2D eigenvalue weighted by Gasteiger charge is -2.26. The summed E-state index contributed by atoms with van der Waals surface area (Å²) in [6.07, 6.45) is 2.15. The fraction of sp³-hybridized carbons (Fsp3) is 0.393. The molecule has 2 fully saturated rings. The van der Waals surface area contributed by atoms with Gasteiger partial charge < -0.3 is 19.7 Å². The zero-order valence-corrected chi connectivity index (χ0v) is 20.1. The first kappa shape index (κ1) is 23.6. The van der Waals surface area contributed by atoms with Gasteiger partial charge in [0.1, 0.15) is 18.2 Å². The van der Waals surface area contributed by atoms with Crippen molar-refractivity contribution in [2.24, 2.45) is 0 Å². The van der Waals surface area contributed by atoms with Crippen LogP contribution in [0.5, 0.6) is 5.75 Å². The average molecular weight is 478 g/mol. The van der Waals surface area contributed by atoms with Crippen molar-refractivity contribution in [1.29, 1.82) is 0 Å². The Kier molecular flexibility index (Phi) is 7.16. The zero-order valence-electron chi connectivity index (χ0n) is 20.1. The Bertz CT molecular complexity index is 1200. The number of hydrogen-bond acceptors (Lipinski definition) is 5. The number of halogens is 1. The Morgan fingerprint density at radius 2 is 1.89 bits per heavy atom. The summed E-state index contributed by atoms with van der Waals surface area (Å²) in [6.45, 7) is 7.81. The molecule has 184 valence electrons. The summed E-state index contributed by atoms with van der Waals surface area (Å²) in [6, 6.07) is 16.5. The number of rotatable bonds is 7. The van der Waals surface area contributed by atoms with E-state index in [1.165, 1.54) is 12.1 Å². The number of benzene rings is 3.